The van der Waals surface area contributed by atoms with E-state index in [0.717, 1.165) is 36.2 Å². The molecule has 0 aromatic carbocycles. The summed E-state index contributed by atoms with van der Waals surface area (Å²) in [6.07, 6.45) is 10.9. The van der Waals surface area contributed by atoms with Gasteiger partial charge < -0.3 is 0 Å². The Balaban J connectivity index is 1.58. The van der Waals surface area contributed by atoms with E-state index in [9.17, 15) is 8.42 Å². The molecule has 0 atom stereocenters. The summed E-state index contributed by atoms with van der Waals surface area (Å²) in [5.41, 5.74) is 2.66. The number of nitrogens with one attached hydrogen (secondary N) is 1. The first-order valence-corrected chi connectivity index (χ1v) is 9.12. The van der Waals surface area contributed by atoms with E-state index in [1.165, 1.54) is 6.26 Å². The third kappa shape index (κ3) is 3.50. The molecule has 1 aliphatic rings. The first kappa shape index (κ1) is 15.1. The van der Waals surface area contributed by atoms with Crippen molar-refractivity contribution >= 4 is 10.0 Å². The average molecular weight is 321 g/mol. The van der Waals surface area contributed by atoms with Gasteiger partial charge in [0, 0.05) is 31.0 Å². The zero-order valence-corrected chi connectivity index (χ0v) is 13.3. The Morgan fingerprint density at radius 3 is 2.55 bits per heavy atom. The van der Waals surface area contributed by atoms with E-state index in [1.807, 2.05) is 0 Å². The molecule has 8 heteroatoms. The second-order valence-corrected chi connectivity index (χ2v) is 7.67. The second kappa shape index (κ2) is 6.13. The molecule has 0 radical (unpaired) electrons. The minimum Gasteiger partial charge on any atom is -0.285 e. The molecule has 7 nitrogen and oxygen atoms in total. The molecule has 1 N–H and O–H groups in total. The van der Waals surface area contributed by atoms with Crippen LogP contribution in [0, 0.1) is 5.92 Å². The van der Waals surface area contributed by atoms with Crippen molar-refractivity contribution in [3.05, 3.63) is 30.5 Å². The standard InChI is InChI=1S/C14H19N5O2S/c1-22(20,21)19-4-2-11(3-5-19)6-13-9-16-14(10-15-13)12-7-17-18-8-12/h7-11H,2-6H2,1H3,(H,17,18). The highest BCUT2D eigenvalue weighted by Gasteiger charge is 2.25. The third-order valence-corrected chi connectivity index (χ3v) is 5.34. The molecule has 1 aliphatic heterocycles. The molecule has 118 valence electrons. The fourth-order valence-corrected chi connectivity index (χ4v) is 3.62. The van der Waals surface area contributed by atoms with Crippen LogP contribution < -0.4 is 0 Å². The number of sulfonamides is 1. The largest absolute Gasteiger partial charge is 0.285 e. The second-order valence-electron chi connectivity index (χ2n) is 5.69. The van der Waals surface area contributed by atoms with Gasteiger partial charge in [-0.3, -0.25) is 15.1 Å². The number of aromatic amines is 1. The molecular formula is C14H19N5O2S. The lowest BCUT2D eigenvalue weighted by Crippen LogP contribution is -2.38. The van der Waals surface area contributed by atoms with Crippen molar-refractivity contribution in [2.24, 2.45) is 5.92 Å². The molecule has 1 fully saturated rings. The van der Waals surface area contributed by atoms with Gasteiger partial charge in [-0.05, 0) is 25.2 Å². The Morgan fingerprint density at radius 1 is 1.23 bits per heavy atom. The van der Waals surface area contributed by atoms with Gasteiger partial charge in [0.2, 0.25) is 10.0 Å². The van der Waals surface area contributed by atoms with Crippen molar-refractivity contribution in [1.82, 2.24) is 24.5 Å². The first-order chi connectivity index (χ1) is 10.5. The van der Waals surface area contributed by atoms with Gasteiger partial charge in [-0.15, -0.1) is 0 Å². The highest BCUT2D eigenvalue weighted by Crippen LogP contribution is 2.22. The van der Waals surface area contributed by atoms with E-state index in [1.54, 1.807) is 29.1 Å². The summed E-state index contributed by atoms with van der Waals surface area (Å²) in [4.78, 5) is 8.87. The molecule has 1 saturated heterocycles. The quantitative estimate of drug-likeness (QED) is 0.910. The van der Waals surface area contributed by atoms with E-state index in [4.69, 9.17) is 0 Å². The normalized spacial score (nSPS) is 17.7. The maximum Gasteiger partial charge on any atom is 0.211 e. The van der Waals surface area contributed by atoms with E-state index in [2.05, 4.69) is 20.2 Å². The summed E-state index contributed by atoms with van der Waals surface area (Å²) >= 11 is 0. The lowest BCUT2D eigenvalue weighted by atomic mass is 9.93. The lowest BCUT2D eigenvalue weighted by Gasteiger charge is -2.29. The summed E-state index contributed by atoms with van der Waals surface area (Å²) in [5, 5.41) is 6.65. The monoisotopic (exact) mass is 321 g/mol. The topological polar surface area (TPSA) is 91.8 Å². The van der Waals surface area contributed by atoms with E-state index in [-0.39, 0.29) is 0 Å². The van der Waals surface area contributed by atoms with Gasteiger partial charge in [-0.1, -0.05) is 0 Å². The van der Waals surface area contributed by atoms with Gasteiger partial charge in [0.25, 0.3) is 0 Å². The smallest absolute Gasteiger partial charge is 0.211 e. The van der Waals surface area contributed by atoms with Gasteiger partial charge in [0.15, 0.2) is 0 Å². The SMILES string of the molecule is CS(=O)(=O)N1CCC(Cc2cnc(-c3cn[nH]c3)cn2)CC1. The molecule has 0 amide bonds. The molecule has 0 spiro atoms. The predicted molar refractivity (Wildman–Crippen MR) is 82.5 cm³/mol. The van der Waals surface area contributed by atoms with Crippen molar-refractivity contribution in [3.63, 3.8) is 0 Å². The molecule has 2 aromatic rings. The number of nitrogens with zero attached hydrogens (tertiary/aromatic N) is 4. The van der Waals surface area contributed by atoms with E-state index < -0.39 is 10.0 Å². The molecule has 2 aromatic heterocycles. The molecule has 22 heavy (non-hydrogen) atoms. The fraction of sp³-hybridized carbons (Fsp3) is 0.500. The minimum atomic E-state index is -3.06. The summed E-state index contributed by atoms with van der Waals surface area (Å²) in [6, 6.07) is 0. The molecule has 0 saturated carbocycles. The minimum absolute atomic E-state index is 0.465. The molecular weight excluding hydrogens is 302 g/mol. The highest BCUT2D eigenvalue weighted by atomic mass is 32.2. The number of hydrogen-bond donors (Lipinski definition) is 1. The average Bonchev–Trinajstić information content (AvgIpc) is 3.02. The van der Waals surface area contributed by atoms with Crippen LogP contribution in [0.15, 0.2) is 24.8 Å². The Kier molecular flexibility index (Phi) is 4.21. The van der Waals surface area contributed by atoms with Gasteiger partial charge >= 0.3 is 0 Å². The summed E-state index contributed by atoms with van der Waals surface area (Å²) < 4.78 is 24.5. The van der Waals surface area contributed by atoms with Crippen LogP contribution in [0.25, 0.3) is 11.3 Å². The van der Waals surface area contributed by atoms with Crippen LogP contribution >= 0.6 is 0 Å². The Labute approximate surface area is 129 Å². The number of aromatic nitrogens is 4. The summed E-state index contributed by atoms with van der Waals surface area (Å²) in [7, 11) is -3.06. The lowest BCUT2D eigenvalue weighted by molar-refractivity contribution is 0.273. The Bertz CT molecular complexity index is 704. The molecule has 3 rings (SSSR count). The maximum atomic E-state index is 11.5. The van der Waals surface area contributed by atoms with Crippen LogP contribution in [0.4, 0.5) is 0 Å². The Morgan fingerprint density at radius 2 is 2.00 bits per heavy atom. The van der Waals surface area contributed by atoms with Gasteiger partial charge in [-0.25, -0.2) is 12.7 Å². The summed E-state index contributed by atoms with van der Waals surface area (Å²) in [5.74, 6) is 0.465. The van der Waals surface area contributed by atoms with Crippen LogP contribution in [-0.4, -0.2) is 52.2 Å². The fourth-order valence-electron chi connectivity index (χ4n) is 2.74. The van der Waals surface area contributed by atoms with Crippen molar-refractivity contribution < 1.29 is 8.42 Å². The number of piperidine rings is 1. The number of H-pyrrole nitrogens is 1. The zero-order chi connectivity index (χ0) is 15.6. The predicted octanol–water partition coefficient (Wildman–Crippen LogP) is 1.08. The van der Waals surface area contributed by atoms with Crippen LogP contribution in [0.1, 0.15) is 18.5 Å². The zero-order valence-electron chi connectivity index (χ0n) is 12.4. The highest BCUT2D eigenvalue weighted by molar-refractivity contribution is 7.88. The van der Waals surface area contributed by atoms with Gasteiger partial charge in [0.1, 0.15) is 0 Å². The van der Waals surface area contributed by atoms with Crippen molar-refractivity contribution in [2.45, 2.75) is 19.3 Å². The summed E-state index contributed by atoms with van der Waals surface area (Å²) in [6.45, 7) is 1.20. The van der Waals surface area contributed by atoms with E-state index >= 15 is 0 Å². The van der Waals surface area contributed by atoms with Crippen LogP contribution in [0.5, 0.6) is 0 Å². The van der Waals surface area contributed by atoms with Crippen molar-refractivity contribution in [1.29, 1.82) is 0 Å². The van der Waals surface area contributed by atoms with Crippen molar-refractivity contribution in [3.8, 4) is 11.3 Å². The molecule has 0 unspecified atom stereocenters. The molecule has 0 aliphatic carbocycles. The molecule has 0 bridgehead atoms. The van der Waals surface area contributed by atoms with Crippen LogP contribution in [0.2, 0.25) is 0 Å². The van der Waals surface area contributed by atoms with Gasteiger partial charge in [-0.2, -0.15) is 5.10 Å². The first-order valence-electron chi connectivity index (χ1n) is 7.27. The van der Waals surface area contributed by atoms with Crippen molar-refractivity contribution in [2.75, 3.05) is 19.3 Å². The third-order valence-electron chi connectivity index (χ3n) is 4.04. The van der Waals surface area contributed by atoms with Crippen LogP contribution in [0.3, 0.4) is 0 Å². The van der Waals surface area contributed by atoms with Gasteiger partial charge in [0.05, 0.1) is 30.0 Å². The van der Waals surface area contributed by atoms with E-state index in [0.29, 0.717) is 19.0 Å². The maximum absolute atomic E-state index is 11.5. The number of hydrogen-bond acceptors (Lipinski definition) is 5. The molecule has 3 heterocycles. The Hall–Kier alpha value is -1.80. The number of rotatable bonds is 4. The van der Waals surface area contributed by atoms with Crippen LogP contribution in [-0.2, 0) is 16.4 Å².